The second kappa shape index (κ2) is 4.88. The standard InChI is InChI=1S/C11H12Cl2N2OS/c1-5(2)3-7-9(15-16-11(7)14)6-4-8(12)17-10(6)13/h4-5H,3,14H2,1-2H3. The summed E-state index contributed by atoms with van der Waals surface area (Å²) in [6.45, 7) is 4.22. The molecule has 0 amide bonds. The molecule has 17 heavy (non-hydrogen) atoms. The van der Waals surface area contributed by atoms with Gasteiger partial charge in [-0.3, -0.25) is 0 Å². The highest BCUT2D eigenvalue weighted by Crippen LogP contribution is 2.40. The van der Waals surface area contributed by atoms with Gasteiger partial charge in [0.05, 0.1) is 4.34 Å². The molecular weight excluding hydrogens is 279 g/mol. The molecule has 0 radical (unpaired) electrons. The van der Waals surface area contributed by atoms with Gasteiger partial charge < -0.3 is 10.3 Å². The van der Waals surface area contributed by atoms with Crippen LogP contribution in [0.5, 0.6) is 0 Å². The molecule has 0 saturated heterocycles. The Balaban J connectivity index is 2.48. The average Bonchev–Trinajstić information content (AvgIpc) is 2.71. The first kappa shape index (κ1) is 12.7. The van der Waals surface area contributed by atoms with E-state index in [4.69, 9.17) is 33.5 Å². The molecule has 0 fully saturated rings. The lowest BCUT2D eigenvalue weighted by atomic mass is 10.0. The van der Waals surface area contributed by atoms with E-state index in [-0.39, 0.29) is 0 Å². The van der Waals surface area contributed by atoms with Gasteiger partial charge in [0.15, 0.2) is 0 Å². The first-order valence-corrected chi connectivity index (χ1v) is 6.75. The molecule has 2 N–H and O–H groups in total. The van der Waals surface area contributed by atoms with Gasteiger partial charge in [-0.2, -0.15) is 0 Å². The largest absolute Gasteiger partial charge is 0.367 e. The Morgan fingerprint density at radius 1 is 1.47 bits per heavy atom. The molecule has 0 aliphatic heterocycles. The minimum atomic E-state index is 0.354. The maximum absolute atomic E-state index is 6.11. The molecular formula is C11H12Cl2N2OS. The summed E-state index contributed by atoms with van der Waals surface area (Å²) in [6, 6.07) is 1.79. The van der Waals surface area contributed by atoms with Crippen LogP contribution in [0.3, 0.4) is 0 Å². The zero-order valence-corrected chi connectivity index (χ0v) is 11.8. The SMILES string of the molecule is CC(C)Cc1c(-c2cc(Cl)sc2Cl)noc1N. The molecule has 0 aliphatic carbocycles. The van der Waals surface area contributed by atoms with Crippen LogP contribution in [0.25, 0.3) is 11.3 Å². The topological polar surface area (TPSA) is 52.0 Å². The van der Waals surface area contributed by atoms with E-state index in [9.17, 15) is 0 Å². The van der Waals surface area contributed by atoms with Crippen molar-refractivity contribution in [2.75, 3.05) is 5.73 Å². The lowest BCUT2D eigenvalue weighted by Gasteiger charge is -2.04. The summed E-state index contributed by atoms with van der Waals surface area (Å²) in [7, 11) is 0. The summed E-state index contributed by atoms with van der Waals surface area (Å²) < 4.78 is 6.28. The van der Waals surface area contributed by atoms with E-state index in [0.29, 0.717) is 26.2 Å². The second-order valence-corrected chi connectivity index (χ2v) is 6.50. The normalized spacial score (nSPS) is 11.4. The van der Waals surface area contributed by atoms with Crippen molar-refractivity contribution in [2.24, 2.45) is 5.92 Å². The van der Waals surface area contributed by atoms with Crippen molar-refractivity contribution in [1.82, 2.24) is 5.16 Å². The third-order valence-corrected chi connectivity index (χ3v) is 3.83. The van der Waals surface area contributed by atoms with Crippen LogP contribution in [-0.2, 0) is 6.42 Å². The number of hydrogen-bond donors (Lipinski definition) is 1. The van der Waals surface area contributed by atoms with E-state index in [1.165, 1.54) is 11.3 Å². The molecule has 2 aromatic rings. The number of nitrogen functional groups attached to an aromatic ring is 1. The third kappa shape index (κ3) is 2.59. The molecule has 0 spiro atoms. The van der Waals surface area contributed by atoms with Crippen molar-refractivity contribution in [3.8, 4) is 11.3 Å². The van der Waals surface area contributed by atoms with Crippen LogP contribution in [0.4, 0.5) is 5.88 Å². The van der Waals surface area contributed by atoms with Crippen molar-refractivity contribution >= 4 is 40.4 Å². The number of rotatable bonds is 3. The Kier molecular flexibility index (Phi) is 3.66. The van der Waals surface area contributed by atoms with Gasteiger partial charge in [-0.15, -0.1) is 11.3 Å². The number of halogens is 2. The summed E-state index contributed by atoms with van der Waals surface area (Å²) in [4.78, 5) is 0. The molecule has 0 bridgehead atoms. The molecule has 2 rings (SSSR count). The smallest absolute Gasteiger partial charge is 0.225 e. The summed E-state index contributed by atoms with van der Waals surface area (Å²) in [5.74, 6) is 0.815. The summed E-state index contributed by atoms with van der Waals surface area (Å²) in [5.41, 5.74) is 8.17. The van der Waals surface area contributed by atoms with Gasteiger partial charge in [-0.05, 0) is 18.4 Å². The zero-order valence-electron chi connectivity index (χ0n) is 9.46. The number of nitrogens with zero attached hydrogens (tertiary/aromatic N) is 1. The second-order valence-electron chi connectivity index (χ2n) is 4.21. The molecule has 0 aliphatic rings. The van der Waals surface area contributed by atoms with Crippen molar-refractivity contribution in [2.45, 2.75) is 20.3 Å². The van der Waals surface area contributed by atoms with Gasteiger partial charge >= 0.3 is 0 Å². The molecule has 3 nitrogen and oxygen atoms in total. The minimum absolute atomic E-state index is 0.354. The molecule has 0 saturated carbocycles. The van der Waals surface area contributed by atoms with Crippen LogP contribution in [-0.4, -0.2) is 5.16 Å². The predicted octanol–water partition coefficient (Wildman–Crippen LogP) is 4.49. The van der Waals surface area contributed by atoms with Gasteiger partial charge in [0, 0.05) is 11.1 Å². The van der Waals surface area contributed by atoms with Crippen molar-refractivity contribution in [1.29, 1.82) is 0 Å². The summed E-state index contributed by atoms with van der Waals surface area (Å²) >= 11 is 13.3. The molecule has 2 aromatic heterocycles. The molecule has 0 aromatic carbocycles. The first-order valence-electron chi connectivity index (χ1n) is 5.18. The van der Waals surface area contributed by atoms with Crippen LogP contribution >= 0.6 is 34.5 Å². The first-order chi connectivity index (χ1) is 7.99. The maximum atomic E-state index is 6.11. The average molecular weight is 291 g/mol. The fourth-order valence-corrected chi connectivity index (χ4v) is 3.11. The van der Waals surface area contributed by atoms with Gasteiger partial charge in [0.1, 0.15) is 10.0 Å². The van der Waals surface area contributed by atoms with Gasteiger partial charge in [0.25, 0.3) is 0 Å². The number of hydrogen-bond acceptors (Lipinski definition) is 4. The lowest BCUT2D eigenvalue weighted by Crippen LogP contribution is -1.98. The number of aromatic nitrogens is 1. The Hall–Kier alpha value is -0.710. The molecule has 2 heterocycles. The Morgan fingerprint density at radius 3 is 2.71 bits per heavy atom. The van der Waals surface area contributed by atoms with E-state index >= 15 is 0 Å². The molecule has 92 valence electrons. The monoisotopic (exact) mass is 290 g/mol. The van der Waals surface area contributed by atoms with Gasteiger partial charge in [-0.1, -0.05) is 42.2 Å². The number of thiophene rings is 1. The van der Waals surface area contributed by atoms with Crippen LogP contribution in [0, 0.1) is 5.92 Å². The molecule has 0 atom stereocenters. The van der Waals surface area contributed by atoms with Crippen molar-refractivity contribution < 1.29 is 4.52 Å². The van der Waals surface area contributed by atoms with Crippen LogP contribution < -0.4 is 5.73 Å². The highest BCUT2D eigenvalue weighted by molar-refractivity contribution is 7.20. The predicted molar refractivity (Wildman–Crippen MR) is 72.8 cm³/mol. The lowest BCUT2D eigenvalue weighted by molar-refractivity contribution is 0.438. The third-order valence-electron chi connectivity index (χ3n) is 2.34. The highest BCUT2D eigenvalue weighted by atomic mass is 35.5. The van der Waals surface area contributed by atoms with Crippen LogP contribution in [0.2, 0.25) is 8.67 Å². The van der Waals surface area contributed by atoms with E-state index in [1.54, 1.807) is 6.07 Å². The van der Waals surface area contributed by atoms with Gasteiger partial charge in [-0.25, -0.2) is 0 Å². The summed E-state index contributed by atoms with van der Waals surface area (Å²) in [5, 5.41) is 3.98. The fraction of sp³-hybridized carbons (Fsp3) is 0.364. The highest BCUT2D eigenvalue weighted by Gasteiger charge is 2.20. The summed E-state index contributed by atoms with van der Waals surface area (Å²) in [6.07, 6.45) is 0.800. The quantitative estimate of drug-likeness (QED) is 0.906. The Bertz CT molecular complexity index is 534. The number of nitrogens with two attached hydrogens (primary N) is 1. The van der Waals surface area contributed by atoms with Crippen molar-refractivity contribution in [3.05, 3.63) is 20.3 Å². The van der Waals surface area contributed by atoms with Crippen molar-refractivity contribution in [3.63, 3.8) is 0 Å². The van der Waals surface area contributed by atoms with E-state index in [1.807, 2.05) is 0 Å². The van der Waals surface area contributed by atoms with Crippen LogP contribution in [0.15, 0.2) is 10.6 Å². The Morgan fingerprint density at radius 2 is 2.18 bits per heavy atom. The molecule has 6 heteroatoms. The van der Waals surface area contributed by atoms with E-state index in [0.717, 1.165) is 17.5 Å². The number of anilines is 1. The van der Waals surface area contributed by atoms with E-state index < -0.39 is 0 Å². The maximum Gasteiger partial charge on any atom is 0.225 e. The van der Waals surface area contributed by atoms with Gasteiger partial charge in [0.2, 0.25) is 5.88 Å². The van der Waals surface area contributed by atoms with Crippen LogP contribution in [0.1, 0.15) is 19.4 Å². The fourth-order valence-electron chi connectivity index (χ4n) is 1.64. The Labute approximate surface area is 114 Å². The van der Waals surface area contributed by atoms with E-state index in [2.05, 4.69) is 19.0 Å². The minimum Gasteiger partial charge on any atom is -0.367 e. The zero-order chi connectivity index (χ0) is 12.6. The molecule has 0 unspecified atom stereocenters.